The van der Waals surface area contributed by atoms with Crippen molar-refractivity contribution in [2.75, 3.05) is 5.32 Å². The van der Waals surface area contributed by atoms with E-state index in [-0.39, 0.29) is 0 Å². The molecule has 0 aliphatic rings. The Hall–Kier alpha value is -1.86. The molecule has 5 nitrogen and oxygen atoms in total. The van der Waals surface area contributed by atoms with Crippen LogP contribution >= 0.6 is 23.1 Å². The van der Waals surface area contributed by atoms with Gasteiger partial charge in [-0.2, -0.15) is 0 Å². The van der Waals surface area contributed by atoms with E-state index in [4.69, 9.17) is 5.11 Å². The first-order valence-corrected chi connectivity index (χ1v) is 7.93. The number of amides is 1. The van der Waals surface area contributed by atoms with Gasteiger partial charge in [0.15, 0.2) is 4.34 Å². The zero-order valence-corrected chi connectivity index (χ0v) is 13.1. The summed E-state index contributed by atoms with van der Waals surface area (Å²) in [7, 11) is 0. The third kappa shape index (κ3) is 4.57. The summed E-state index contributed by atoms with van der Waals surface area (Å²) in [4.78, 5) is 26.4. The van der Waals surface area contributed by atoms with Crippen molar-refractivity contribution in [3.8, 4) is 0 Å². The Morgan fingerprint density at radius 1 is 1.38 bits per heavy atom. The Morgan fingerprint density at radius 2 is 2.14 bits per heavy atom. The zero-order chi connectivity index (χ0) is 15.4. The number of thioether (sulfide) groups is 1. The average Bonchev–Trinajstić information content (AvgIpc) is 2.76. The maximum Gasteiger partial charge on any atom is 0.328 e. The predicted molar refractivity (Wildman–Crippen MR) is 86.0 cm³/mol. The van der Waals surface area contributed by atoms with Crippen LogP contribution in [-0.4, -0.2) is 27.2 Å². The van der Waals surface area contributed by atoms with Crippen molar-refractivity contribution < 1.29 is 14.7 Å². The second kappa shape index (κ2) is 6.73. The molecule has 1 amide bonds. The molecule has 7 heteroatoms. The number of carbonyl (C=O) groups excluding carboxylic acids is 1. The number of carboxylic acids is 1. The summed E-state index contributed by atoms with van der Waals surface area (Å²) in [6, 6.07) is 5.43. The van der Waals surface area contributed by atoms with Crippen molar-refractivity contribution in [1.29, 1.82) is 0 Å². The first-order chi connectivity index (χ1) is 9.94. The molecule has 0 saturated heterocycles. The molecular formula is C14H14N2O3S2. The summed E-state index contributed by atoms with van der Waals surface area (Å²) in [6.07, 6.45) is 1.79. The van der Waals surface area contributed by atoms with E-state index in [1.165, 1.54) is 0 Å². The van der Waals surface area contributed by atoms with E-state index in [9.17, 15) is 9.59 Å². The van der Waals surface area contributed by atoms with Crippen molar-refractivity contribution in [3.63, 3.8) is 0 Å². The van der Waals surface area contributed by atoms with Crippen LogP contribution in [0.1, 0.15) is 13.8 Å². The smallest absolute Gasteiger partial charge is 0.328 e. The Labute approximate surface area is 130 Å². The van der Waals surface area contributed by atoms with Crippen molar-refractivity contribution in [3.05, 3.63) is 30.4 Å². The highest BCUT2D eigenvalue weighted by atomic mass is 32.2. The molecule has 2 N–H and O–H groups in total. The van der Waals surface area contributed by atoms with Gasteiger partial charge in [0.2, 0.25) is 5.91 Å². The minimum atomic E-state index is -1.15. The molecule has 0 aliphatic heterocycles. The minimum absolute atomic E-state index is 0.464. The highest BCUT2D eigenvalue weighted by molar-refractivity contribution is 8.01. The fourth-order valence-electron chi connectivity index (χ4n) is 1.56. The fraction of sp³-hybridized carbons (Fsp3) is 0.214. The van der Waals surface area contributed by atoms with Crippen LogP contribution < -0.4 is 5.32 Å². The number of benzene rings is 1. The van der Waals surface area contributed by atoms with Crippen LogP contribution in [0.4, 0.5) is 5.69 Å². The van der Waals surface area contributed by atoms with Crippen LogP contribution in [0.2, 0.25) is 0 Å². The van der Waals surface area contributed by atoms with Crippen LogP contribution in [0.15, 0.2) is 34.7 Å². The second-order valence-electron chi connectivity index (χ2n) is 4.49. The lowest BCUT2D eigenvalue weighted by molar-refractivity contribution is -0.131. The van der Waals surface area contributed by atoms with Crippen molar-refractivity contribution in [2.24, 2.45) is 0 Å². The molecule has 2 rings (SSSR count). The molecule has 0 atom stereocenters. The van der Waals surface area contributed by atoms with E-state index in [0.29, 0.717) is 10.9 Å². The van der Waals surface area contributed by atoms with Gasteiger partial charge in [0.1, 0.15) is 0 Å². The molecule has 0 aliphatic carbocycles. The molecule has 0 fully saturated rings. The molecule has 0 unspecified atom stereocenters. The molecule has 21 heavy (non-hydrogen) atoms. The van der Waals surface area contributed by atoms with E-state index >= 15 is 0 Å². The largest absolute Gasteiger partial charge is 0.478 e. The van der Waals surface area contributed by atoms with E-state index < -0.39 is 11.9 Å². The SMILES string of the molecule is CC(C)Sc1nc2ccc(NC(=O)C=CC(=O)O)cc2s1. The van der Waals surface area contributed by atoms with Crippen LogP contribution in [0.3, 0.4) is 0 Å². The van der Waals surface area contributed by atoms with Crippen LogP contribution in [0, 0.1) is 0 Å². The topological polar surface area (TPSA) is 79.3 Å². The van der Waals surface area contributed by atoms with E-state index in [0.717, 1.165) is 26.7 Å². The highest BCUT2D eigenvalue weighted by Crippen LogP contribution is 2.33. The lowest BCUT2D eigenvalue weighted by Crippen LogP contribution is -2.08. The van der Waals surface area contributed by atoms with Crippen LogP contribution in [0.25, 0.3) is 10.2 Å². The summed E-state index contributed by atoms with van der Waals surface area (Å²) >= 11 is 3.27. The Morgan fingerprint density at radius 3 is 2.81 bits per heavy atom. The molecule has 0 saturated carbocycles. The first-order valence-electron chi connectivity index (χ1n) is 6.23. The lowest BCUT2D eigenvalue weighted by Gasteiger charge is -2.00. The standard InChI is InChI=1S/C14H14N2O3S2/c1-8(2)20-14-16-10-4-3-9(7-11(10)21-14)15-12(17)5-6-13(18)19/h3-8H,1-2H3,(H,15,17)(H,18,19). The second-order valence-corrected chi connectivity index (χ2v) is 7.34. The van der Waals surface area contributed by atoms with Crippen LogP contribution in [-0.2, 0) is 9.59 Å². The highest BCUT2D eigenvalue weighted by Gasteiger charge is 2.08. The van der Waals surface area contributed by atoms with E-state index in [1.807, 2.05) is 12.1 Å². The molecule has 0 bridgehead atoms. The molecule has 0 spiro atoms. The summed E-state index contributed by atoms with van der Waals surface area (Å²) in [6.45, 7) is 4.22. The number of nitrogens with zero attached hydrogens (tertiary/aromatic N) is 1. The van der Waals surface area contributed by atoms with Crippen molar-refractivity contribution >= 4 is 50.9 Å². The number of anilines is 1. The van der Waals surface area contributed by atoms with Gasteiger partial charge in [0, 0.05) is 23.1 Å². The maximum absolute atomic E-state index is 11.5. The normalized spacial score (nSPS) is 11.4. The van der Waals surface area contributed by atoms with Crippen molar-refractivity contribution in [1.82, 2.24) is 4.98 Å². The quantitative estimate of drug-likeness (QED) is 0.651. The fourth-order valence-corrected chi connectivity index (χ4v) is 3.89. The Kier molecular flexibility index (Phi) is 4.98. The molecule has 110 valence electrons. The molecule has 1 aromatic heterocycles. The summed E-state index contributed by atoms with van der Waals surface area (Å²) in [5, 5.41) is 11.6. The van der Waals surface area contributed by atoms with Crippen molar-refractivity contribution in [2.45, 2.75) is 23.4 Å². The van der Waals surface area contributed by atoms with Gasteiger partial charge in [-0.15, -0.1) is 11.3 Å². The van der Waals surface area contributed by atoms with Crippen LogP contribution in [0.5, 0.6) is 0 Å². The predicted octanol–water partition coefficient (Wildman–Crippen LogP) is 3.38. The molecule has 1 aromatic carbocycles. The van der Waals surface area contributed by atoms with Gasteiger partial charge in [-0.05, 0) is 18.2 Å². The summed E-state index contributed by atoms with van der Waals surface area (Å²) in [5.74, 6) is -1.63. The number of fused-ring (bicyclic) bond motifs is 1. The van der Waals surface area contributed by atoms with Gasteiger partial charge in [-0.1, -0.05) is 25.6 Å². The first kappa shape index (κ1) is 15.5. The number of aliphatic carboxylic acids is 1. The zero-order valence-electron chi connectivity index (χ0n) is 11.5. The van der Waals surface area contributed by atoms with Gasteiger partial charge in [0.25, 0.3) is 0 Å². The summed E-state index contributed by atoms with van der Waals surface area (Å²) < 4.78 is 1.98. The van der Waals surface area contributed by atoms with Gasteiger partial charge in [-0.25, -0.2) is 9.78 Å². The number of thiazole rings is 1. The number of hydrogen-bond donors (Lipinski definition) is 2. The number of rotatable bonds is 5. The average molecular weight is 322 g/mol. The number of carboxylic acid groups (broad SMARTS) is 1. The third-order valence-corrected chi connectivity index (χ3v) is 4.47. The molecule has 1 heterocycles. The van der Waals surface area contributed by atoms with Gasteiger partial charge in [-0.3, -0.25) is 4.79 Å². The maximum atomic E-state index is 11.5. The number of hydrogen-bond acceptors (Lipinski definition) is 5. The molecule has 0 radical (unpaired) electrons. The number of aromatic nitrogens is 1. The Bertz CT molecular complexity index is 707. The lowest BCUT2D eigenvalue weighted by atomic mass is 10.3. The van der Waals surface area contributed by atoms with Gasteiger partial charge < -0.3 is 10.4 Å². The van der Waals surface area contributed by atoms with E-state index in [2.05, 4.69) is 24.1 Å². The Balaban J connectivity index is 2.15. The summed E-state index contributed by atoms with van der Waals surface area (Å²) in [5.41, 5.74) is 1.51. The minimum Gasteiger partial charge on any atom is -0.478 e. The third-order valence-electron chi connectivity index (χ3n) is 2.35. The number of nitrogens with one attached hydrogen (secondary N) is 1. The molecule has 2 aromatic rings. The van der Waals surface area contributed by atoms with Gasteiger partial charge in [0.05, 0.1) is 10.2 Å². The molecular weight excluding hydrogens is 308 g/mol. The van der Waals surface area contributed by atoms with E-state index in [1.54, 1.807) is 29.2 Å². The number of carbonyl (C=O) groups is 2. The van der Waals surface area contributed by atoms with Gasteiger partial charge >= 0.3 is 5.97 Å². The monoisotopic (exact) mass is 322 g/mol.